The highest BCUT2D eigenvalue weighted by Crippen LogP contribution is 2.31. The van der Waals surface area contributed by atoms with Crippen LogP contribution in [0.2, 0.25) is 0 Å². The monoisotopic (exact) mass is 289 g/mol. The van der Waals surface area contributed by atoms with E-state index < -0.39 is 0 Å². The number of amides is 1. The predicted molar refractivity (Wildman–Crippen MR) is 77.8 cm³/mol. The maximum Gasteiger partial charge on any atom is 0.262 e. The minimum atomic E-state index is -0.0201. The van der Waals surface area contributed by atoms with Crippen LogP contribution in [0.15, 0.2) is 12.1 Å². The van der Waals surface area contributed by atoms with Crippen molar-refractivity contribution in [2.24, 2.45) is 0 Å². The van der Waals surface area contributed by atoms with Gasteiger partial charge in [0.1, 0.15) is 5.82 Å². The summed E-state index contributed by atoms with van der Waals surface area (Å²) in [6, 6.07) is 3.80. The van der Waals surface area contributed by atoms with Crippen LogP contribution in [0.4, 0.5) is 5.82 Å². The van der Waals surface area contributed by atoms with Gasteiger partial charge in [-0.15, -0.1) is 0 Å². The molecule has 0 aromatic carbocycles. The van der Waals surface area contributed by atoms with Crippen molar-refractivity contribution < 1.29 is 9.53 Å². The van der Waals surface area contributed by atoms with Crippen LogP contribution in [-0.4, -0.2) is 28.9 Å². The fourth-order valence-electron chi connectivity index (χ4n) is 2.46. The molecule has 20 heavy (non-hydrogen) atoms. The number of fused-ring (bicyclic) bond motifs is 1. The molecule has 6 heteroatoms. The lowest BCUT2D eigenvalue weighted by molar-refractivity contribution is 0.0988. The Morgan fingerprint density at radius 3 is 2.85 bits per heavy atom. The van der Waals surface area contributed by atoms with Crippen molar-refractivity contribution in [1.29, 1.82) is 0 Å². The normalized spacial score (nSPS) is 13.4. The molecule has 0 spiro atoms. The third-order valence-corrected chi connectivity index (χ3v) is 4.34. The molecule has 0 saturated heterocycles. The van der Waals surface area contributed by atoms with Crippen LogP contribution in [0.1, 0.15) is 26.5 Å². The van der Waals surface area contributed by atoms with E-state index in [9.17, 15) is 4.79 Å². The van der Waals surface area contributed by atoms with Gasteiger partial charge in [-0.25, -0.2) is 0 Å². The Kier molecular flexibility index (Phi) is 3.17. The van der Waals surface area contributed by atoms with Gasteiger partial charge >= 0.3 is 0 Å². The van der Waals surface area contributed by atoms with E-state index in [0.717, 1.165) is 22.6 Å². The van der Waals surface area contributed by atoms with Crippen molar-refractivity contribution in [1.82, 2.24) is 9.36 Å². The second-order valence-electron chi connectivity index (χ2n) is 4.74. The molecule has 1 aliphatic rings. The van der Waals surface area contributed by atoms with E-state index in [0.29, 0.717) is 23.8 Å². The number of hydrogen-bond donors (Lipinski definition) is 0. The molecule has 5 nitrogen and oxygen atoms in total. The topological polar surface area (TPSA) is 55.3 Å². The summed E-state index contributed by atoms with van der Waals surface area (Å²) in [5, 5.41) is 0. The first kappa shape index (κ1) is 13.1. The Hall–Kier alpha value is -1.95. The zero-order valence-electron chi connectivity index (χ0n) is 11.6. The van der Waals surface area contributed by atoms with E-state index in [1.807, 2.05) is 26.0 Å². The lowest BCUT2D eigenvalue weighted by atomic mass is 10.2. The minimum Gasteiger partial charge on any atom is -0.481 e. The second kappa shape index (κ2) is 4.86. The van der Waals surface area contributed by atoms with E-state index in [-0.39, 0.29) is 5.91 Å². The predicted octanol–water partition coefficient (Wildman–Crippen LogP) is 2.37. The van der Waals surface area contributed by atoms with Gasteiger partial charge in [0.05, 0.1) is 18.4 Å². The number of aromatic nitrogens is 2. The van der Waals surface area contributed by atoms with Crippen LogP contribution in [-0.2, 0) is 6.42 Å². The fraction of sp³-hybridized carbons (Fsp3) is 0.357. The molecule has 0 N–H and O–H groups in total. The molecular formula is C14H15N3O2S. The van der Waals surface area contributed by atoms with Gasteiger partial charge in [-0.05, 0) is 43.4 Å². The van der Waals surface area contributed by atoms with Crippen LogP contribution in [0, 0.1) is 13.8 Å². The molecule has 104 valence electrons. The van der Waals surface area contributed by atoms with Gasteiger partial charge < -0.3 is 4.74 Å². The Morgan fingerprint density at radius 2 is 2.20 bits per heavy atom. The van der Waals surface area contributed by atoms with Crippen LogP contribution < -0.4 is 9.64 Å². The number of aryl methyl sites for hydroxylation is 2. The van der Waals surface area contributed by atoms with E-state index in [4.69, 9.17) is 4.74 Å². The van der Waals surface area contributed by atoms with Crippen molar-refractivity contribution in [3.8, 4) is 5.88 Å². The number of hydrogen-bond acceptors (Lipinski definition) is 5. The minimum absolute atomic E-state index is 0.0201. The molecule has 1 aliphatic heterocycles. The summed E-state index contributed by atoms with van der Waals surface area (Å²) in [6.07, 6.45) is 0.827. The molecule has 1 amide bonds. The third kappa shape index (κ3) is 1.96. The molecule has 0 radical (unpaired) electrons. The third-order valence-electron chi connectivity index (χ3n) is 3.49. The van der Waals surface area contributed by atoms with Gasteiger partial charge in [-0.1, -0.05) is 0 Å². The van der Waals surface area contributed by atoms with E-state index in [2.05, 4.69) is 9.36 Å². The van der Waals surface area contributed by atoms with Gasteiger partial charge in [-0.3, -0.25) is 9.69 Å². The molecular weight excluding hydrogens is 274 g/mol. The molecule has 0 saturated carbocycles. The fourth-order valence-corrected chi connectivity index (χ4v) is 3.15. The SMILES string of the molecule is COc1ccc2c(n1)N(C(=O)c1c(C)nsc1C)CC2. The van der Waals surface area contributed by atoms with Crippen LogP contribution in [0.3, 0.4) is 0 Å². The standard InChI is InChI=1S/C14H15N3O2S/c1-8-12(9(2)20-16-8)14(18)17-7-6-10-4-5-11(19-3)15-13(10)17/h4-5H,6-7H2,1-3H3. The molecule has 0 unspecified atom stereocenters. The molecule has 3 rings (SSSR count). The largest absolute Gasteiger partial charge is 0.481 e. The number of ether oxygens (including phenoxy) is 1. The van der Waals surface area contributed by atoms with Crippen molar-refractivity contribution in [3.05, 3.63) is 33.8 Å². The molecule has 2 aromatic heterocycles. The molecule has 0 atom stereocenters. The van der Waals surface area contributed by atoms with E-state index >= 15 is 0 Å². The molecule has 2 aromatic rings. The number of rotatable bonds is 2. The first-order valence-corrected chi connectivity index (χ1v) is 7.18. The number of anilines is 1. The van der Waals surface area contributed by atoms with Crippen molar-refractivity contribution in [3.63, 3.8) is 0 Å². The summed E-state index contributed by atoms with van der Waals surface area (Å²) < 4.78 is 9.39. The number of methoxy groups -OCH3 is 1. The highest BCUT2D eigenvalue weighted by atomic mass is 32.1. The summed E-state index contributed by atoms with van der Waals surface area (Å²) >= 11 is 1.36. The van der Waals surface area contributed by atoms with Gasteiger partial charge in [0.25, 0.3) is 5.91 Å². The van der Waals surface area contributed by atoms with Crippen molar-refractivity contribution in [2.75, 3.05) is 18.6 Å². The Bertz CT molecular complexity index is 662. The number of nitrogens with zero attached hydrogens (tertiary/aromatic N) is 3. The van der Waals surface area contributed by atoms with Crippen molar-refractivity contribution >= 4 is 23.3 Å². The van der Waals surface area contributed by atoms with Gasteiger partial charge in [0.2, 0.25) is 5.88 Å². The Labute approximate surface area is 121 Å². The first-order chi connectivity index (χ1) is 9.61. The zero-order valence-corrected chi connectivity index (χ0v) is 12.5. The van der Waals surface area contributed by atoms with Gasteiger partial charge in [0, 0.05) is 17.5 Å². The van der Waals surface area contributed by atoms with Crippen LogP contribution in [0.25, 0.3) is 0 Å². The van der Waals surface area contributed by atoms with E-state index in [1.54, 1.807) is 12.0 Å². The highest BCUT2D eigenvalue weighted by molar-refractivity contribution is 7.06. The number of pyridine rings is 1. The van der Waals surface area contributed by atoms with Crippen LogP contribution >= 0.6 is 11.5 Å². The lowest BCUT2D eigenvalue weighted by Gasteiger charge is -2.16. The second-order valence-corrected chi connectivity index (χ2v) is 5.72. The summed E-state index contributed by atoms with van der Waals surface area (Å²) in [5.74, 6) is 1.22. The molecule has 0 fully saturated rings. The average Bonchev–Trinajstić information content (AvgIpc) is 3.01. The molecule has 0 bridgehead atoms. The number of carbonyl (C=O) groups excluding carboxylic acids is 1. The van der Waals surface area contributed by atoms with Crippen molar-refractivity contribution in [2.45, 2.75) is 20.3 Å². The maximum absolute atomic E-state index is 12.7. The first-order valence-electron chi connectivity index (χ1n) is 6.40. The Morgan fingerprint density at radius 1 is 1.40 bits per heavy atom. The van der Waals surface area contributed by atoms with Crippen LogP contribution in [0.5, 0.6) is 5.88 Å². The summed E-state index contributed by atoms with van der Waals surface area (Å²) in [5.41, 5.74) is 2.57. The number of carbonyl (C=O) groups is 1. The van der Waals surface area contributed by atoms with Gasteiger partial charge in [-0.2, -0.15) is 9.36 Å². The van der Waals surface area contributed by atoms with Gasteiger partial charge in [0.15, 0.2) is 0 Å². The molecule has 3 heterocycles. The smallest absolute Gasteiger partial charge is 0.262 e. The average molecular weight is 289 g/mol. The quantitative estimate of drug-likeness (QED) is 0.851. The zero-order chi connectivity index (χ0) is 14.3. The maximum atomic E-state index is 12.7. The Balaban J connectivity index is 2.00. The summed E-state index contributed by atoms with van der Waals surface area (Å²) in [6.45, 7) is 4.45. The molecule has 0 aliphatic carbocycles. The highest BCUT2D eigenvalue weighted by Gasteiger charge is 2.30. The summed E-state index contributed by atoms with van der Waals surface area (Å²) in [7, 11) is 1.58. The van der Waals surface area contributed by atoms with E-state index in [1.165, 1.54) is 11.5 Å². The lowest BCUT2D eigenvalue weighted by Crippen LogP contribution is -2.30. The summed E-state index contributed by atoms with van der Waals surface area (Å²) in [4.78, 5) is 19.8.